The van der Waals surface area contributed by atoms with Crippen LogP contribution in [0.5, 0.6) is 0 Å². The Balaban J connectivity index is 0.00000261. The minimum Gasteiger partial charge on any atom is -0.345 e. The van der Waals surface area contributed by atoms with Gasteiger partial charge in [-0.15, -0.1) is 23.7 Å². The first kappa shape index (κ1) is 21.8. The van der Waals surface area contributed by atoms with Gasteiger partial charge in [-0.25, -0.2) is 13.1 Å². The second kappa shape index (κ2) is 9.16. The molecule has 0 spiro atoms. The van der Waals surface area contributed by atoms with E-state index in [-0.39, 0.29) is 35.3 Å². The van der Waals surface area contributed by atoms with Gasteiger partial charge in [0, 0.05) is 23.5 Å². The molecule has 1 saturated carbocycles. The summed E-state index contributed by atoms with van der Waals surface area (Å²) in [7, 11) is -3.69. The topological polar surface area (TPSA) is 101 Å². The van der Waals surface area contributed by atoms with Crippen molar-refractivity contribution >= 4 is 39.7 Å². The highest BCUT2D eigenvalue weighted by Crippen LogP contribution is 2.29. The summed E-state index contributed by atoms with van der Waals surface area (Å²) in [6, 6.07) is 9.83. The smallest absolute Gasteiger partial charge is 0.251 e. The molecule has 0 radical (unpaired) electrons. The van der Waals surface area contributed by atoms with Crippen LogP contribution in [0.2, 0.25) is 0 Å². The maximum absolute atomic E-state index is 12.6. The maximum atomic E-state index is 12.6. The zero-order chi connectivity index (χ0) is 18.6. The van der Waals surface area contributed by atoms with Crippen LogP contribution in [-0.4, -0.2) is 26.4 Å². The fourth-order valence-electron chi connectivity index (χ4n) is 3.21. The molecule has 0 bridgehead atoms. The summed E-state index contributed by atoms with van der Waals surface area (Å²) < 4.78 is 27.6. The summed E-state index contributed by atoms with van der Waals surface area (Å²) in [6.07, 6.45) is 3.79. The summed E-state index contributed by atoms with van der Waals surface area (Å²) in [6.45, 7) is 0.617. The van der Waals surface area contributed by atoms with E-state index in [4.69, 9.17) is 5.73 Å². The first-order chi connectivity index (χ1) is 12.4. The molecule has 1 aliphatic carbocycles. The normalized spacial score (nSPS) is 15.9. The van der Waals surface area contributed by atoms with Gasteiger partial charge >= 0.3 is 0 Å². The first-order valence-electron chi connectivity index (χ1n) is 8.59. The van der Waals surface area contributed by atoms with E-state index in [0.29, 0.717) is 12.1 Å². The fourth-order valence-corrected chi connectivity index (χ4v) is 5.00. The summed E-state index contributed by atoms with van der Waals surface area (Å²) >= 11 is 1.48. The second-order valence-corrected chi connectivity index (χ2v) is 9.38. The lowest BCUT2D eigenvalue weighted by Crippen LogP contribution is -2.51. The number of carbonyl (C=O) groups excluding carboxylic acids is 1. The third-order valence-corrected chi connectivity index (χ3v) is 7.03. The molecule has 1 aromatic heterocycles. The number of hydrogen-bond acceptors (Lipinski definition) is 5. The molecule has 148 valence electrons. The summed E-state index contributed by atoms with van der Waals surface area (Å²) in [5.41, 5.74) is 5.81. The monoisotopic (exact) mass is 429 g/mol. The van der Waals surface area contributed by atoms with E-state index in [2.05, 4.69) is 10.0 Å². The number of thiophene rings is 1. The van der Waals surface area contributed by atoms with Crippen molar-refractivity contribution < 1.29 is 13.2 Å². The summed E-state index contributed by atoms with van der Waals surface area (Å²) in [5, 5.41) is 4.91. The number of rotatable bonds is 7. The van der Waals surface area contributed by atoms with E-state index in [0.717, 1.165) is 30.6 Å². The second-order valence-electron chi connectivity index (χ2n) is 6.58. The highest BCUT2D eigenvalue weighted by molar-refractivity contribution is 7.89. The van der Waals surface area contributed by atoms with E-state index in [1.165, 1.54) is 23.5 Å². The van der Waals surface area contributed by atoms with Crippen LogP contribution in [0.4, 0.5) is 0 Å². The minimum atomic E-state index is -3.69. The number of nitrogens with one attached hydrogen (secondary N) is 2. The lowest BCUT2D eigenvalue weighted by Gasteiger charge is -2.28. The van der Waals surface area contributed by atoms with E-state index in [1.54, 1.807) is 12.1 Å². The molecule has 27 heavy (non-hydrogen) atoms. The predicted octanol–water partition coefficient (Wildman–Crippen LogP) is 2.65. The van der Waals surface area contributed by atoms with Gasteiger partial charge in [0.2, 0.25) is 10.0 Å². The van der Waals surface area contributed by atoms with Crippen molar-refractivity contribution in [2.24, 2.45) is 5.73 Å². The Hall–Kier alpha value is -1.45. The van der Waals surface area contributed by atoms with Crippen LogP contribution in [0.1, 0.15) is 40.9 Å². The highest BCUT2D eigenvalue weighted by atomic mass is 35.5. The van der Waals surface area contributed by atoms with Crippen LogP contribution >= 0.6 is 23.7 Å². The Kier molecular flexibility index (Phi) is 7.41. The van der Waals surface area contributed by atoms with Crippen LogP contribution in [0.3, 0.4) is 0 Å². The zero-order valence-corrected chi connectivity index (χ0v) is 17.3. The zero-order valence-electron chi connectivity index (χ0n) is 14.8. The Morgan fingerprint density at radius 3 is 2.56 bits per heavy atom. The van der Waals surface area contributed by atoms with Crippen molar-refractivity contribution in [3.8, 4) is 0 Å². The van der Waals surface area contributed by atoms with Crippen molar-refractivity contribution in [1.82, 2.24) is 10.0 Å². The molecule has 3 rings (SSSR count). The average Bonchev–Trinajstić information content (AvgIpc) is 3.32. The average molecular weight is 430 g/mol. The molecule has 4 N–H and O–H groups in total. The van der Waals surface area contributed by atoms with Crippen LogP contribution in [0, 0.1) is 0 Å². The molecule has 1 aliphatic rings. The van der Waals surface area contributed by atoms with Gasteiger partial charge in [0.25, 0.3) is 5.91 Å². The molecule has 0 unspecified atom stereocenters. The lowest BCUT2D eigenvalue weighted by atomic mass is 9.97. The van der Waals surface area contributed by atoms with Gasteiger partial charge in [-0.3, -0.25) is 4.79 Å². The van der Waals surface area contributed by atoms with Gasteiger partial charge < -0.3 is 11.1 Å². The number of amides is 1. The van der Waals surface area contributed by atoms with E-state index in [9.17, 15) is 13.2 Å². The molecule has 9 heteroatoms. The van der Waals surface area contributed by atoms with Crippen molar-refractivity contribution in [2.75, 3.05) is 6.54 Å². The van der Waals surface area contributed by atoms with E-state index >= 15 is 0 Å². The molecule has 1 aromatic carbocycles. The van der Waals surface area contributed by atoms with E-state index < -0.39 is 10.0 Å². The molecule has 0 saturated heterocycles. The number of halogens is 1. The number of nitrogens with two attached hydrogens (primary N) is 1. The van der Waals surface area contributed by atoms with Gasteiger partial charge in [-0.2, -0.15) is 0 Å². The van der Waals surface area contributed by atoms with Crippen LogP contribution in [-0.2, 0) is 16.6 Å². The predicted molar refractivity (Wildman–Crippen MR) is 110 cm³/mol. The highest BCUT2D eigenvalue weighted by Gasteiger charge is 2.34. The third kappa shape index (κ3) is 5.30. The Labute approximate surface area is 170 Å². The number of hydrogen-bond donors (Lipinski definition) is 3. The van der Waals surface area contributed by atoms with Gasteiger partial charge in [0.1, 0.15) is 0 Å². The van der Waals surface area contributed by atoms with Gasteiger partial charge in [-0.1, -0.05) is 25.0 Å². The number of benzene rings is 1. The first-order valence-corrected chi connectivity index (χ1v) is 11.0. The van der Waals surface area contributed by atoms with Crippen LogP contribution in [0.15, 0.2) is 46.7 Å². The van der Waals surface area contributed by atoms with E-state index in [1.807, 2.05) is 17.5 Å². The van der Waals surface area contributed by atoms with Gasteiger partial charge in [0.05, 0.1) is 10.4 Å². The molecule has 1 amide bonds. The van der Waals surface area contributed by atoms with Crippen molar-refractivity contribution in [3.63, 3.8) is 0 Å². The molecule has 6 nitrogen and oxygen atoms in total. The molecule has 0 aliphatic heterocycles. The standard InChI is InChI=1S/C18H23N3O3S2.ClH/c19-13-18(8-1-2-9-18)21-17(22)14-5-3-7-16(11-14)26(23,24)20-12-15-6-4-10-25-15;/h3-7,10-11,20H,1-2,8-9,12-13,19H2,(H,21,22);1H. The number of carbonyl (C=O) groups is 1. The Morgan fingerprint density at radius 1 is 1.19 bits per heavy atom. The molecule has 1 fully saturated rings. The van der Waals surface area contributed by atoms with Crippen molar-refractivity contribution in [3.05, 3.63) is 52.2 Å². The Bertz CT molecular complexity index is 864. The van der Waals surface area contributed by atoms with Gasteiger partial charge in [0.15, 0.2) is 0 Å². The minimum absolute atomic E-state index is 0. The molecule has 2 aromatic rings. The van der Waals surface area contributed by atoms with Crippen LogP contribution < -0.4 is 15.8 Å². The molecular weight excluding hydrogens is 406 g/mol. The Morgan fingerprint density at radius 2 is 1.93 bits per heavy atom. The molecular formula is C18H24ClN3O3S2. The van der Waals surface area contributed by atoms with Crippen LogP contribution in [0.25, 0.3) is 0 Å². The largest absolute Gasteiger partial charge is 0.345 e. The maximum Gasteiger partial charge on any atom is 0.251 e. The summed E-state index contributed by atoms with van der Waals surface area (Å²) in [5.74, 6) is -0.285. The molecule has 1 heterocycles. The van der Waals surface area contributed by atoms with Crippen molar-refractivity contribution in [2.45, 2.75) is 42.7 Å². The molecule has 0 atom stereocenters. The quantitative estimate of drug-likeness (QED) is 0.629. The van der Waals surface area contributed by atoms with Gasteiger partial charge in [-0.05, 0) is 42.5 Å². The van der Waals surface area contributed by atoms with Crippen molar-refractivity contribution in [1.29, 1.82) is 0 Å². The SMILES string of the molecule is Cl.NCC1(NC(=O)c2cccc(S(=O)(=O)NCc3cccs3)c2)CCCC1. The summed E-state index contributed by atoms with van der Waals surface area (Å²) in [4.78, 5) is 13.6. The third-order valence-electron chi connectivity index (χ3n) is 4.75. The number of sulfonamides is 1. The lowest BCUT2D eigenvalue weighted by molar-refractivity contribution is 0.0903. The fraction of sp³-hybridized carbons (Fsp3) is 0.389.